The molecule has 2 aliphatic carbocycles. The van der Waals surface area contributed by atoms with E-state index in [0.29, 0.717) is 63.6 Å². The molecule has 0 radical (unpaired) electrons. The lowest BCUT2D eigenvalue weighted by molar-refractivity contribution is -0.142. The maximum atomic E-state index is 14.5. The van der Waals surface area contributed by atoms with Crippen molar-refractivity contribution in [1.82, 2.24) is 36.4 Å². The van der Waals surface area contributed by atoms with Gasteiger partial charge >= 0.3 is 0 Å². The van der Waals surface area contributed by atoms with Crippen LogP contribution in [0.15, 0.2) is 72.8 Å². The number of hydrogen-bond donors (Lipinski definition) is 5. The molecule has 2 fully saturated rings. The van der Waals surface area contributed by atoms with Gasteiger partial charge in [-0.15, -0.1) is 24.8 Å². The number of amides is 5. The third-order valence-corrected chi connectivity index (χ3v) is 14.4. The normalized spacial score (nSPS) is 21.5. The Morgan fingerprint density at radius 1 is 0.642 bits per heavy atom. The van der Waals surface area contributed by atoms with Gasteiger partial charge in [-0.3, -0.25) is 28.8 Å². The van der Waals surface area contributed by atoms with Crippen LogP contribution in [-0.2, 0) is 48.0 Å². The molecule has 15 heteroatoms. The number of Topliss-reactive ketones (excluding diaryl/α,β-unsaturated/α-hetero) is 1. The molecule has 2 saturated heterocycles. The van der Waals surface area contributed by atoms with E-state index >= 15 is 0 Å². The summed E-state index contributed by atoms with van der Waals surface area (Å²) in [5, 5.41) is 15.1. The van der Waals surface area contributed by atoms with Crippen molar-refractivity contribution in [1.29, 1.82) is 0 Å². The first-order chi connectivity index (χ1) is 31.5. The summed E-state index contributed by atoms with van der Waals surface area (Å²) in [5.74, 6) is -1.10. The van der Waals surface area contributed by atoms with E-state index in [2.05, 4.69) is 50.8 Å². The van der Waals surface area contributed by atoms with E-state index in [1.165, 1.54) is 16.7 Å². The van der Waals surface area contributed by atoms with Crippen molar-refractivity contribution in [3.05, 3.63) is 106 Å². The molecule has 8 atom stereocenters. The van der Waals surface area contributed by atoms with Crippen LogP contribution in [0.2, 0.25) is 0 Å². The molecule has 3 aromatic rings. The number of likely N-dealkylation sites (N-methyl/N-ethyl adjacent to an activating group) is 2. The van der Waals surface area contributed by atoms with Crippen molar-refractivity contribution in [3.63, 3.8) is 0 Å². The van der Waals surface area contributed by atoms with Crippen LogP contribution < -0.4 is 26.6 Å². The molecule has 7 rings (SSSR count). The Hall–Kier alpha value is -4.82. The standard InChI is InChI=1S/C52H69N7O6.2ClH/c1-33(53-3)48(61)56-43(51(64)59-31-13-25-45(59)50(63)55-42-22-11-18-37-16-6-8-21-41(37)42)23-9-14-35-26-28-38(29-27-35)47(57-49(62)34(2)54-4)52(65)58-30-12-24-44(58)46(60)32-39-19-10-17-36-15-5-7-20-40(36)39;;/h5-8,15-16,20-21,26-29,33-34,39,42-45,47,53-54H,9-14,17-19,22-25,30-32H2,1-4H3,(H,55,63)(H,56,61)(H,57,62);2*1H/t33-,34-,39-,42+,43-,44-,45?,47-;;/m0../s1. The fourth-order valence-electron chi connectivity index (χ4n) is 10.4. The topological polar surface area (TPSA) is 169 Å². The molecule has 4 aliphatic rings. The van der Waals surface area contributed by atoms with Crippen LogP contribution in [0, 0.1) is 0 Å². The highest BCUT2D eigenvalue weighted by molar-refractivity contribution is 5.95. The first-order valence-corrected chi connectivity index (χ1v) is 24.1. The molecule has 0 saturated carbocycles. The molecular formula is C52H71Cl2N7O6. The van der Waals surface area contributed by atoms with Gasteiger partial charge in [-0.1, -0.05) is 72.8 Å². The van der Waals surface area contributed by atoms with Gasteiger partial charge in [0.15, 0.2) is 5.78 Å². The highest BCUT2D eigenvalue weighted by atomic mass is 35.5. The van der Waals surface area contributed by atoms with Crippen LogP contribution in [0.25, 0.3) is 0 Å². The monoisotopic (exact) mass is 959 g/mol. The van der Waals surface area contributed by atoms with Crippen LogP contribution in [0.5, 0.6) is 0 Å². The zero-order valence-corrected chi connectivity index (χ0v) is 41.2. The lowest BCUT2D eigenvalue weighted by Crippen LogP contribution is -2.55. The minimum Gasteiger partial charge on any atom is -0.347 e. The lowest BCUT2D eigenvalue weighted by Gasteiger charge is -2.32. The van der Waals surface area contributed by atoms with Gasteiger partial charge in [0.25, 0.3) is 0 Å². The highest BCUT2D eigenvalue weighted by Gasteiger charge is 2.41. The number of aryl methyl sites for hydroxylation is 3. The largest absolute Gasteiger partial charge is 0.347 e. The number of carbonyl (C=O) groups excluding carboxylic acids is 6. The van der Waals surface area contributed by atoms with Crippen LogP contribution in [-0.4, -0.2) is 103 Å². The fraction of sp³-hybridized carbons (Fsp3) is 0.538. The van der Waals surface area contributed by atoms with Gasteiger partial charge < -0.3 is 36.4 Å². The van der Waals surface area contributed by atoms with E-state index < -0.39 is 36.3 Å². The first-order valence-electron chi connectivity index (χ1n) is 24.1. The van der Waals surface area contributed by atoms with E-state index in [1.54, 1.807) is 37.7 Å². The maximum Gasteiger partial charge on any atom is 0.250 e. The van der Waals surface area contributed by atoms with Crippen molar-refractivity contribution < 1.29 is 28.8 Å². The molecule has 3 aromatic carbocycles. The molecule has 5 N–H and O–H groups in total. The number of ketones is 1. The fourth-order valence-corrected chi connectivity index (χ4v) is 10.4. The third kappa shape index (κ3) is 12.8. The predicted octanol–water partition coefficient (Wildman–Crippen LogP) is 5.97. The summed E-state index contributed by atoms with van der Waals surface area (Å²) >= 11 is 0. The average molecular weight is 961 g/mol. The molecule has 364 valence electrons. The molecule has 2 aliphatic heterocycles. The SMILES string of the molecule is CN[C@@H](C)C(=O)N[C@@H](CCCc1ccc([C@H](NC(=O)[C@H](C)NC)C(=O)N2CCC[C@H]2C(=O)C[C@@H]2CCCc3ccccc32)cc1)C(=O)N1CCCC1C(=O)N[C@@H]1CCCc2ccccc21.Cl.Cl. The van der Waals surface area contributed by atoms with Crippen LogP contribution in [0.1, 0.15) is 136 Å². The quantitative estimate of drug-likeness (QED) is 0.104. The smallest absolute Gasteiger partial charge is 0.250 e. The molecule has 67 heavy (non-hydrogen) atoms. The molecule has 0 spiro atoms. The Kier molecular flexibility index (Phi) is 19.8. The van der Waals surface area contributed by atoms with Crippen molar-refractivity contribution in [2.45, 2.75) is 152 Å². The van der Waals surface area contributed by atoms with Crippen molar-refractivity contribution >= 4 is 60.1 Å². The van der Waals surface area contributed by atoms with E-state index in [0.717, 1.165) is 56.1 Å². The van der Waals surface area contributed by atoms with Crippen molar-refractivity contribution in [2.24, 2.45) is 0 Å². The maximum absolute atomic E-state index is 14.5. The van der Waals surface area contributed by atoms with Gasteiger partial charge in [0.1, 0.15) is 18.1 Å². The number of likely N-dealkylation sites (tertiary alicyclic amines) is 2. The van der Waals surface area contributed by atoms with Gasteiger partial charge in [0, 0.05) is 19.5 Å². The molecule has 0 bridgehead atoms. The van der Waals surface area contributed by atoms with Crippen molar-refractivity contribution in [2.75, 3.05) is 27.2 Å². The van der Waals surface area contributed by atoms with Gasteiger partial charge in [0.2, 0.25) is 29.5 Å². The van der Waals surface area contributed by atoms with Gasteiger partial charge in [0.05, 0.1) is 24.2 Å². The van der Waals surface area contributed by atoms with Crippen molar-refractivity contribution in [3.8, 4) is 0 Å². The molecular weight excluding hydrogens is 890 g/mol. The zero-order chi connectivity index (χ0) is 46.0. The summed E-state index contributed by atoms with van der Waals surface area (Å²) in [5.41, 5.74) is 6.51. The molecule has 0 aromatic heterocycles. The minimum atomic E-state index is -0.985. The minimum absolute atomic E-state index is 0. The average Bonchev–Trinajstić information content (AvgIpc) is 4.04. The number of hydrogen-bond acceptors (Lipinski definition) is 8. The van der Waals surface area contributed by atoms with E-state index in [1.807, 2.05) is 48.5 Å². The number of nitrogens with one attached hydrogen (secondary N) is 5. The number of halogens is 2. The van der Waals surface area contributed by atoms with Crippen LogP contribution >= 0.6 is 24.8 Å². The zero-order valence-electron chi connectivity index (χ0n) is 39.5. The summed E-state index contributed by atoms with van der Waals surface area (Å²) in [4.78, 5) is 86.5. The molecule has 13 nitrogen and oxygen atoms in total. The number of rotatable bonds is 18. The predicted molar refractivity (Wildman–Crippen MR) is 265 cm³/mol. The van der Waals surface area contributed by atoms with Gasteiger partial charge in [-0.25, -0.2) is 0 Å². The Balaban J connectivity index is 0.00000420. The Labute approximate surface area is 408 Å². The number of fused-ring (bicyclic) bond motifs is 2. The number of benzene rings is 3. The third-order valence-electron chi connectivity index (χ3n) is 14.4. The second kappa shape index (κ2) is 25.0. The van der Waals surface area contributed by atoms with Gasteiger partial charge in [-0.2, -0.15) is 0 Å². The second-order valence-corrected chi connectivity index (χ2v) is 18.6. The van der Waals surface area contributed by atoms with Gasteiger partial charge in [-0.05, 0) is 151 Å². The van der Waals surface area contributed by atoms with Crippen LogP contribution in [0.3, 0.4) is 0 Å². The van der Waals surface area contributed by atoms with E-state index in [4.69, 9.17) is 0 Å². The summed E-state index contributed by atoms with van der Waals surface area (Å²) in [7, 11) is 3.39. The molecule has 2 heterocycles. The molecule has 1 unspecified atom stereocenters. The second-order valence-electron chi connectivity index (χ2n) is 18.6. The Morgan fingerprint density at radius 3 is 1.87 bits per heavy atom. The summed E-state index contributed by atoms with van der Waals surface area (Å²) in [6, 6.07) is 20.0. The summed E-state index contributed by atoms with van der Waals surface area (Å²) < 4.78 is 0. The lowest BCUT2D eigenvalue weighted by atomic mass is 9.79. The number of nitrogens with zero attached hydrogens (tertiary/aromatic N) is 2. The summed E-state index contributed by atoms with van der Waals surface area (Å²) in [6.07, 6.45) is 10.3. The Bertz CT molecular complexity index is 2190. The van der Waals surface area contributed by atoms with E-state index in [-0.39, 0.29) is 72.1 Å². The summed E-state index contributed by atoms with van der Waals surface area (Å²) in [6.45, 7) is 4.37. The van der Waals surface area contributed by atoms with E-state index in [9.17, 15) is 28.8 Å². The molecule has 5 amide bonds. The van der Waals surface area contributed by atoms with Crippen LogP contribution in [0.4, 0.5) is 0 Å². The number of carbonyl (C=O) groups is 6. The Morgan fingerprint density at radius 2 is 1.21 bits per heavy atom. The first kappa shape index (κ1) is 53.1. The highest BCUT2D eigenvalue weighted by Crippen LogP contribution is 2.36.